The van der Waals surface area contributed by atoms with E-state index < -0.39 is 18.1 Å². The standard InChI is InChI=1S/C17H15NO4/c19-16-15(22-13-9-5-2-6-10-13)14(17(20)21)18(16)11-12-7-3-1-4-8-12/h1-10,14-15H,11H2,(H,20,21). The van der Waals surface area contributed by atoms with Crippen LogP contribution in [0.1, 0.15) is 5.56 Å². The minimum Gasteiger partial charge on any atom is -0.480 e. The zero-order valence-corrected chi connectivity index (χ0v) is 11.8. The number of carbonyl (C=O) groups is 2. The van der Waals surface area contributed by atoms with Gasteiger partial charge in [-0.3, -0.25) is 4.79 Å². The highest BCUT2D eigenvalue weighted by Gasteiger charge is 2.53. The summed E-state index contributed by atoms with van der Waals surface area (Å²) in [5.41, 5.74) is 0.889. The Morgan fingerprint density at radius 2 is 1.64 bits per heavy atom. The average Bonchev–Trinajstić information content (AvgIpc) is 2.54. The lowest BCUT2D eigenvalue weighted by molar-refractivity contribution is -0.177. The normalized spacial score (nSPS) is 20.4. The van der Waals surface area contributed by atoms with Gasteiger partial charge >= 0.3 is 5.97 Å². The quantitative estimate of drug-likeness (QED) is 0.856. The van der Waals surface area contributed by atoms with E-state index in [9.17, 15) is 14.7 Å². The van der Waals surface area contributed by atoms with Gasteiger partial charge < -0.3 is 14.7 Å². The smallest absolute Gasteiger partial charge is 0.330 e. The zero-order valence-electron chi connectivity index (χ0n) is 11.8. The molecular weight excluding hydrogens is 282 g/mol. The number of benzene rings is 2. The number of rotatable bonds is 5. The van der Waals surface area contributed by atoms with Crippen molar-refractivity contribution in [1.82, 2.24) is 4.90 Å². The van der Waals surface area contributed by atoms with E-state index in [-0.39, 0.29) is 12.5 Å². The largest absolute Gasteiger partial charge is 0.480 e. The third-order valence-corrected chi connectivity index (χ3v) is 3.60. The van der Waals surface area contributed by atoms with Crippen LogP contribution in [0.15, 0.2) is 60.7 Å². The zero-order chi connectivity index (χ0) is 15.5. The fourth-order valence-corrected chi connectivity index (χ4v) is 2.50. The lowest BCUT2D eigenvalue weighted by Gasteiger charge is -2.43. The van der Waals surface area contributed by atoms with Crippen LogP contribution in [0.25, 0.3) is 0 Å². The van der Waals surface area contributed by atoms with Gasteiger partial charge in [-0.15, -0.1) is 0 Å². The molecule has 1 saturated heterocycles. The van der Waals surface area contributed by atoms with E-state index in [1.54, 1.807) is 24.3 Å². The topological polar surface area (TPSA) is 66.8 Å². The van der Waals surface area contributed by atoms with Gasteiger partial charge in [0.05, 0.1) is 0 Å². The summed E-state index contributed by atoms with van der Waals surface area (Å²) in [6.07, 6.45) is -0.969. The highest BCUT2D eigenvalue weighted by molar-refractivity contribution is 5.98. The van der Waals surface area contributed by atoms with Crippen LogP contribution in [0.4, 0.5) is 0 Å². The molecule has 0 spiro atoms. The molecule has 5 nitrogen and oxygen atoms in total. The van der Waals surface area contributed by atoms with Crippen molar-refractivity contribution in [1.29, 1.82) is 0 Å². The molecule has 0 radical (unpaired) electrons. The maximum atomic E-state index is 12.2. The van der Waals surface area contributed by atoms with Crippen LogP contribution < -0.4 is 4.74 Å². The maximum Gasteiger partial charge on any atom is 0.330 e. The summed E-state index contributed by atoms with van der Waals surface area (Å²) in [5.74, 6) is -0.872. The first kappa shape index (κ1) is 14.1. The predicted molar refractivity (Wildman–Crippen MR) is 79.3 cm³/mol. The number of carboxylic acids is 1. The van der Waals surface area contributed by atoms with Crippen molar-refractivity contribution in [2.75, 3.05) is 0 Å². The molecule has 1 amide bonds. The number of carbonyl (C=O) groups excluding carboxylic acids is 1. The minimum absolute atomic E-state index is 0.269. The summed E-state index contributed by atoms with van der Waals surface area (Å²) >= 11 is 0. The van der Waals surface area contributed by atoms with E-state index in [1.807, 2.05) is 36.4 Å². The highest BCUT2D eigenvalue weighted by atomic mass is 16.5. The molecule has 2 aromatic carbocycles. The third-order valence-electron chi connectivity index (χ3n) is 3.60. The van der Waals surface area contributed by atoms with Crippen LogP contribution in [0, 0.1) is 0 Å². The Morgan fingerprint density at radius 3 is 2.23 bits per heavy atom. The molecule has 1 aliphatic rings. The number of carboxylic acid groups (broad SMARTS) is 1. The first-order valence-corrected chi connectivity index (χ1v) is 6.96. The van der Waals surface area contributed by atoms with E-state index >= 15 is 0 Å². The monoisotopic (exact) mass is 297 g/mol. The number of ether oxygens (including phenoxy) is 1. The number of likely N-dealkylation sites (tertiary alicyclic amines) is 1. The lowest BCUT2D eigenvalue weighted by atomic mass is 9.96. The summed E-state index contributed by atoms with van der Waals surface area (Å²) in [5, 5.41) is 9.37. The molecule has 1 heterocycles. The van der Waals surface area contributed by atoms with Gasteiger partial charge in [-0.2, -0.15) is 0 Å². The summed E-state index contributed by atoms with van der Waals surface area (Å²) in [6.45, 7) is 0.269. The summed E-state index contributed by atoms with van der Waals surface area (Å²) < 4.78 is 5.53. The highest BCUT2D eigenvalue weighted by Crippen LogP contribution is 2.27. The van der Waals surface area contributed by atoms with Gasteiger partial charge in [0.15, 0.2) is 6.04 Å². The fraction of sp³-hybridized carbons (Fsp3) is 0.176. The van der Waals surface area contributed by atoms with Gasteiger partial charge in [-0.25, -0.2) is 4.79 Å². The van der Waals surface area contributed by atoms with Crippen molar-refractivity contribution in [3.8, 4) is 5.75 Å². The molecule has 2 atom stereocenters. The first-order valence-electron chi connectivity index (χ1n) is 6.96. The van der Waals surface area contributed by atoms with E-state index in [2.05, 4.69) is 0 Å². The number of aliphatic carboxylic acids is 1. The summed E-state index contributed by atoms with van der Waals surface area (Å²) in [6, 6.07) is 17.1. The molecule has 2 aromatic rings. The maximum absolute atomic E-state index is 12.2. The Balaban J connectivity index is 1.74. The van der Waals surface area contributed by atoms with Crippen LogP contribution in [-0.4, -0.2) is 34.0 Å². The molecule has 5 heteroatoms. The van der Waals surface area contributed by atoms with E-state index in [4.69, 9.17) is 4.74 Å². The molecule has 1 fully saturated rings. The van der Waals surface area contributed by atoms with Gasteiger partial charge in [0.25, 0.3) is 5.91 Å². The van der Waals surface area contributed by atoms with Crippen LogP contribution in [0.2, 0.25) is 0 Å². The van der Waals surface area contributed by atoms with E-state index in [0.29, 0.717) is 5.75 Å². The van der Waals surface area contributed by atoms with Crippen molar-refractivity contribution in [2.24, 2.45) is 0 Å². The minimum atomic E-state index is -1.06. The molecule has 112 valence electrons. The third kappa shape index (κ3) is 2.65. The summed E-state index contributed by atoms with van der Waals surface area (Å²) in [4.78, 5) is 25.0. The van der Waals surface area contributed by atoms with Crippen molar-refractivity contribution in [2.45, 2.75) is 18.7 Å². The van der Waals surface area contributed by atoms with Crippen molar-refractivity contribution in [3.05, 3.63) is 66.2 Å². The van der Waals surface area contributed by atoms with E-state index in [1.165, 1.54) is 4.90 Å². The molecule has 1 N–H and O–H groups in total. The van der Waals surface area contributed by atoms with Gasteiger partial charge in [-0.05, 0) is 17.7 Å². The van der Waals surface area contributed by atoms with Crippen molar-refractivity contribution >= 4 is 11.9 Å². The number of hydrogen-bond donors (Lipinski definition) is 1. The molecule has 0 aromatic heterocycles. The predicted octanol–water partition coefficient (Wildman–Crippen LogP) is 1.93. The Kier molecular flexibility index (Phi) is 3.78. The molecule has 0 saturated carbocycles. The van der Waals surface area contributed by atoms with Crippen LogP contribution in [-0.2, 0) is 16.1 Å². The van der Waals surface area contributed by atoms with Crippen LogP contribution in [0.5, 0.6) is 5.75 Å². The lowest BCUT2D eigenvalue weighted by Crippen LogP contribution is -2.69. The Hall–Kier alpha value is -2.82. The first-order chi connectivity index (χ1) is 10.7. The average molecular weight is 297 g/mol. The van der Waals surface area contributed by atoms with E-state index in [0.717, 1.165) is 5.56 Å². The molecule has 0 bridgehead atoms. The SMILES string of the molecule is O=C(O)C1C(Oc2ccccc2)C(=O)N1Cc1ccccc1. The van der Waals surface area contributed by atoms with Gasteiger partial charge in [0.1, 0.15) is 5.75 Å². The second kappa shape index (κ2) is 5.89. The fourth-order valence-electron chi connectivity index (χ4n) is 2.50. The number of nitrogens with zero attached hydrogens (tertiary/aromatic N) is 1. The molecule has 2 unspecified atom stereocenters. The second-order valence-electron chi connectivity index (χ2n) is 5.09. The Morgan fingerprint density at radius 1 is 1.05 bits per heavy atom. The Labute approximate surface area is 127 Å². The van der Waals surface area contributed by atoms with Crippen LogP contribution in [0.3, 0.4) is 0 Å². The van der Waals surface area contributed by atoms with Crippen LogP contribution >= 0.6 is 0 Å². The number of hydrogen-bond acceptors (Lipinski definition) is 3. The molecular formula is C17H15NO4. The molecule has 3 rings (SSSR count). The molecule has 0 aliphatic carbocycles. The Bertz CT molecular complexity index is 620. The van der Waals surface area contributed by atoms with Gasteiger partial charge in [0, 0.05) is 6.54 Å². The number of para-hydroxylation sites is 1. The number of amides is 1. The molecule has 1 aliphatic heterocycles. The second-order valence-corrected chi connectivity index (χ2v) is 5.09. The van der Waals surface area contributed by atoms with Gasteiger partial charge in [0.2, 0.25) is 6.10 Å². The number of β-lactam (4-membered cyclic amide) rings is 1. The molecule has 22 heavy (non-hydrogen) atoms. The summed E-state index contributed by atoms with van der Waals surface area (Å²) in [7, 11) is 0. The van der Waals surface area contributed by atoms with Gasteiger partial charge in [-0.1, -0.05) is 48.5 Å². The van der Waals surface area contributed by atoms with Crippen molar-refractivity contribution in [3.63, 3.8) is 0 Å². The van der Waals surface area contributed by atoms with Crippen molar-refractivity contribution < 1.29 is 19.4 Å².